The van der Waals surface area contributed by atoms with Crippen molar-refractivity contribution in [1.82, 2.24) is 4.31 Å². The zero-order valence-electron chi connectivity index (χ0n) is 8.06. The van der Waals surface area contributed by atoms with Gasteiger partial charge in [-0.25, -0.2) is 8.42 Å². The van der Waals surface area contributed by atoms with E-state index in [0.29, 0.717) is 16.8 Å². The summed E-state index contributed by atoms with van der Waals surface area (Å²) in [6.45, 7) is 0.561. The highest BCUT2D eigenvalue weighted by Gasteiger charge is 2.33. The van der Waals surface area contributed by atoms with Crippen LogP contribution in [0.4, 0.5) is 0 Å². The average Bonchev–Trinajstić information content (AvgIpc) is 2.73. The van der Waals surface area contributed by atoms with Crippen LogP contribution in [-0.2, 0) is 10.0 Å². The third-order valence-electron chi connectivity index (χ3n) is 2.37. The number of halogens is 2. The van der Waals surface area contributed by atoms with Crippen LogP contribution in [-0.4, -0.2) is 37.0 Å². The molecule has 0 aromatic carbocycles. The predicted molar refractivity (Wildman–Crippen MR) is 69.1 cm³/mol. The van der Waals surface area contributed by atoms with E-state index in [9.17, 15) is 13.5 Å². The van der Waals surface area contributed by atoms with E-state index in [0.717, 1.165) is 3.79 Å². The fourth-order valence-electron chi connectivity index (χ4n) is 1.57. The Morgan fingerprint density at radius 2 is 2.19 bits per heavy atom. The molecule has 90 valence electrons. The molecule has 2 rings (SSSR count). The fraction of sp³-hybridized carbons (Fsp3) is 0.500. The Labute approximate surface area is 115 Å². The highest BCUT2D eigenvalue weighted by Crippen LogP contribution is 2.36. The molecule has 1 aliphatic rings. The third kappa shape index (κ3) is 2.37. The first-order valence-corrected chi connectivity index (χ1v) is 8.38. The van der Waals surface area contributed by atoms with E-state index in [1.165, 1.54) is 15.6 Å². The molecule has 0 radical (unpaired) electrons. The summed E-state index contributed by atoms with van der Waals surface area (Å²) < 4.78 is 27.0. The zero-order chi connectivity index (χ0) is 11.9. The molecule has 1 fully saturated rings. The molecule has 16 heavy (non-hydrogen) atoms. The molecular weight excluding hydrogens is 382 g/mol. The van der Waals surface area contributed by atoms with E-state index in [4.69, 9.17) is 0 Å². The quantitative estimate of drug-likeness (QED) is 0.840. The molecule has 1 aliphatic heterocycles. The van der Waals surface area contributed by atoms with Crippen molar-refractivity contribution in [3.8, 4) is 0 Å². The molecule has 0 aliphatic carbocycles. The molecule has 2 heterocycles. The van der Waals surface area contributed by atoms with Crippen molar-refractivity contribution in [3.05, 3.63) is 13.6 Å². The third-order valence-corrected chi connectivity index (χ3v) is 6.99. The number of aliphatic hydroxyl groups is 1. The van der Waals surface area contributed by atoms with Crippen molar-refractivity contribution < 1.29 is 13.5 Å². The molecule has 1 aromatic rings. The van der Waals surface area contributed by atoms with E-state index in [-0.39, 0.29) is 11.4 Å². The average molecular weight is 391 g/mol. The molecule has 1 atom stereocenters. The second-order valence-corrected chi connectivity index (χ2v) is 9.15. The molecule has 0 bridgehead atoms. The van der Waals surface area contributed by atoms with Crippen molar-refractivity contribution in [3.63, 3.8) is 0 Å². The molecule has 4 nitrogen and oxygen atoms in total. The highest BCUT2D eigenvalue weighted by molar-refractivity contribution is 9.12. The van der Waals surface area contributed by atoms with E-state index in [2.05, 4.69) is 31.9 Å². The first kappa shape index (κ1) is 13.0. The van der Waals surface area contributed by atoms with Crippen molar-refractivity contribution in [2.45, 2.75) is 17.4 Å². The van der Waals surface area contributed by atoms with Gasteiger partial charge in [-0.1, -0.05) is 0 Å². The second-order valence-electron chi connectivity index (χ2n) is 3.49. The summed E-state index contributed by atoms with van der Waals surface area (Å²) in [5, 5.41) is 9.36. The number of thiophene rings is 1. The Hall–Kier alpha value is 0.530. The lowest BCUT2D eigenvalue weighted by molar-refractivity contribution is 0.189. The molecule has 0 saturated carbocycles. The highest BCUT2D eigenvalue weighted by atomic mass is 79.9. The van der Waals surface area contributed by atoms with Crippen LogP contribution >= 0.6 is 43.2 Å². The van der Waals surface area contributed by atoms with Crippen LogP contribution in [0, 0.1) is 0 Å². The topological polar surface area (TPSA) is 57.6 Å². The maximum atomic E-state index is 12.2. The largest absolute Gasteiger partial charge is 0.392 e. The van der Waals surface area contributed by atoms with Gasteiger partial charge in [0.1, 0.15) is 4.90 Å². The summed E-state index contributed by atoms with van der Waals surface area (Å²) in [5.74, 6) is 0. The lowest BCUT2D eigenvalue weighted by atomic mass is 10.3. The molecule has 0 spiro atoms. The molecular formula is C8H9Br2NO3S2. The van der Waals surface area contributed by atoms with Crippen LogP contribution in [0.15, 0.2) is 18.5 Å². The molecule has 0 unspecified atom stereocenters. The summed E-state index contributed by atoms with van der Waals surface area (Å²) >= 11 is 7.81. The fourth-order valence-corrected chi connectivity index (χ4v) is 6.82. The van der Waals surface area contributed by atoms with E-state index in [1.54, 1.807) is 6.07 Å². The van der Waals surface area contributed by atoms with Gasteiger partial charge in [-0.3, -0.25) is 0 Å². The van der Waals surface area contributed by atoms with Crippen LogP contribution in [0.2, 0.25) is 0 Å². The van der Waals surface area contributed by atoms with Crippen molar-refractivity contribution in [2.24, 2.45) is 0 Å². The minimum atomic E-state index is -3.47. The summed E-state index contributed by atoms with van der Waals surface area (Å²) in [6, 6.07) is 1.58. The predicted octanol–water partition coefficient (Wildman–Crippen LogP) is 2.03. The number of β-amino-alcohol motifs (C(OH)–C–C–N with tert-alkyl or cyclic N) is 1. The molecule has 1 saturated heterocycles. The second kappa shape index (κ2) is 4.66. The Balaban J connectivity index is 2.36. The number of nitrogens with zero attached hydrogens (tertiary/aromatic N) is 1. The number of aliphatic hydroxyl groups excluding tert-OH is 1. The minimum Gasteiger partial charge on any atom is -0.392 e. The van der Waals surface area contributed by atoms with Gasteiger partial charge in [0.25, 0.3) is 0 Å². The lowest BCUT2D eigenvalue weighted by Crippen LogP contribution is -2.29. The first-order valence-electron chi connectivity index (χ1n) is 4.54. The van der Waals surface area contributed by atoms with Gasteiger partial charge in [-0.05, 0) is 44.3 Å². The zero-order valence-corrected chi connectivity index (χ0v) is 12.9. The molecule has 0 amide bonds. The smallest absolute Gasteiger partial charge is 0.245 e. The Bertz CT molecular complexity index is 499. The van der Waals surface area contributed by atoms with Crippen molar-refractivity contribution in [2.75, 3.05) is 13.1 Å². The van der Waals surface area contributed by atoms with Gasteiger partial charge >= 0.3 is 0 Å². The van der Waals surface area contributed by atoms with Crippen LogP contribution in [0.25, 0.3) is 0 Å². The Morgan fingerprint density at radius 3 is 2.62 bits per heavy atom. The standard InChI is InChI=1S/C8H9Br2NO3S2/c9-7-3-6(8(10)15-7)16(13,14)11-2-1-5(12)4-11/h3,5,12H,1-2,4H2/t5-/m1/s1. The van der Waals surface area contributed by atoms with E-state index in [1.807, 2.05) is 0 Å². The SMILES string of the molecule is O=S(=O)(c1cc(Br)sc1Br)N1CC[C@@H](O)C1. The Kier molecular flexibility index (Phi) is 3.78. The molecule has 1 N–H and O–H groups in total. The number of rotatable bonds is 2. The van der Waals surface area contributed by atoms with Crippen molar-refractivity contribution in [1.29, 1.82) is 0 Å². The normalized spacial score (nSPS) is 22.8. The summed E-state index contributed by atoms with van der Waals surface area (Å²) in [5.41, 5.74) is 0. The number of hydrogen-bond donors (Lipinski definition) is 1. The summed E-state index contributed by atoms with van der Waals surface area (Å²) in [6.07, 6.45) is -0.0436. The maximum absolute atomic E-state index is 12.2. The van der Waals surface area contributed by atoms with Gasteiger partial charge in [0, 0.05) is 13.1 Å². The first-order chi connectivity index (χ1) is 7.41. The monoisotopic (exact) mass is 389 g/mol. The number of sulfonamides is 1. The van der Waals surface area contributed by atoms with Gasteiger partial charge in [0.15, 0.2) is 0 Å². The van der Waals surface area contributed by atoms with Crippen LogP contribution < -0.4 is 0 Å². The van der Waals surface area contributed by atoms with E-state index < -0.39 is 16.1 Å². The van der Waals surface area contributed by atoms with E-state index >= 15 is 0 Å². The van der Waals surface area contributed by atoms with Gasteiger partial charge in [0.2, 0.25) is 10.0 Å². The van der Waals surface area contributed by atoms with Crippen LogP contribution in [0.5, 0.6) is 0 Å². The number of hydrogen-bond acceptors (Lipinski definition) is 4. The molecule has 1 aromatic heterocycles. The van der Waals surface area contributed by atoms with Crippen LogP contribution in [0.3, 0.4) is 0 Å². The summed E-state index contributed by atoms with van der Waals surface area (Å²) in [4.78, 5) is 0.262. The van der Waals surface area contributed by atoms with Gasteiger partial charge in [-0.15, -0.1) is 11.3 Å². The van der Waals surface area contributed by atoms with Crippen molar-refractivity contribution >= 4 is 53.2 Å². The summed E-state index contributed by atoms with van der Waals surface area (Å²) in [7, 11) is -3.47. The maximum Gasteiger partial charge on any atom is 0.245 e. The van der Waals surface area contributed by atoms with Gasteiger partial charge < -0.3 is 5.11 Å². The van der Waals surface area contributed by atoms with Crippen LogP contribution in [0.1, 0.15) is 6.42 Å². The molecule has 8 heteroatoms. The lowest BCUT2D eigenvalue weighted by Gasteiger charge is -2.14. The minimum absolute atomic E-state index is 0.183. The Morgan fingerprint density at radius 1 is 1.50 bits per heavy atom. The van der Waals surface area contributed by atoms with Gasteiger partial charge in [-0.2, -0.15) is 4.31 Å². The van der Waals surface area contributed by atoms with Gasteiger partial charge in [0.05, 0.1) is 13.7 Å².